The van der Waals surface area contributed by atoms with Crippen LogP contribution in [-0.4, -0.2) is 11.1 Å². The average molecular weight is 328 g/mol. The molecule has 1 heterocycles. The van der Waals surface area contributed by atoms with Crippen molar-refractivity contribution in [2.45, 2.75) is 13.5 Å². The fourth-order valence-electron chi connectivity index (χ4n) is 2.23. The number of nitrogens with one attached hydrogen (secondary N) is 1. The zero-order valence-corrected chi connectivity index (χ0v) is 12.8. The number of halogens is 2. The Morgan fingerprint density at radius 1 is 1.12 bits per heavy atom. The Balaban J connectivity index is 1.77. The van der Waals surface area contributed by atoms with Crippen LogP contribution in [0.1, 0.15) is 21.5 Å². The van der Waals surface area contributed by atoms with E-state index in [4.69, 9.17) is 4.52 Å². The second kappa shape index (κ2) is 6.62. The Hall–Kier alpha value is -3.02. The molecule has 3 rings (SSSR count). The maximum Gasteiger partial charge on any atom is 0.257 e. The summed E-state index contributed by atoms with van der Waals surface area (Å²) in [7, 11) is 0. The summed E-state index contributed by atoms with van der Waals surface area (Å²) in [6, 6.07) is 11.0. The Morgan fingerprint density at radius 3 is 2.58 bits per heavy atom. The molecular formula is C18H14F2N2O2. The molecule has 0 bridgehead atoms. The summed E-state index contributed by atoms with van der Waals surface area (Å²) in [6.07, 6.45) is 1.25. The molecule has 0 spiro atoms. The van der Waals surface area contributed by atoms with Crippen LogP contribution in [0.5, 0.6) is 0 Å². The zero-order valence-electron chi connectivity index (χ0n) is 12.8. The van der Waals surface area contributed by atoms with Gasteiger partial charge in [-0.15, -0.1) is 0 Å². The van der Waals surface area contributed by atoms with Gasteiger partial charge in [-0.05, 0) is 30.7 Å². The summed E-state index contributed by atoms with van der Waals surface area (Å²) in [6.45, 7) is 2.31. The van der Waals surface area contributed by atoms with Gasteiger partial charge in [-0.1, -0.05) is 35.0 Å². The van der Waals surface area contributed by atoms with Crippen molar-refractivity contribution in [3.8, 4) is 11.3 Å². The van der Waals surface area contributed by atoms with Gasteiger partial charge in [-0.2, -0.15) is 0 Å². The van der Waals surface area contributed by atoms with Crippen LogP contribution in [0.15, 0.2) is 53.2 Å². The molecule has 0 aliphatic heterocycles. The molecule has 24 heavy (non-hydrogen) atoms. The molecule has 1 amide bonds. The molecular weight excluding hydrogens is 314 g/mol. The highest BCUT2D eigenvalue weighted by molar-refractivity contribution is 5.99. The minimum absolute atomic E-state index is 0.0929. The summed E-state index contributed by atoms with van der Waals surface area (Å²) in [4.78, 5) is 12.3. The molecule has 1 N–H and O–H groups in total. The first kappa shape index (κ1) is 15.9. The van der Waals surface area contributed by atoms with Crippen LogP contribution in [0.25, 0.3) is 11.3 Å². The summed E-state index contributed by atoms with van der Waals surface area (Å²) in [5.74, 6) is -2.30. The smallest absolute Gasteiger partial charge is 0.257 e. The van der Waals surface area contributed by atoms with Crippen molar-refractivity contribution in [1.82, 2.24) is 10.5 Å². The van der Waals surface area contributed by atoms with Gasteiger partial charge in [0.2, 0.25) is 0 Å². The van der Waals surface area contributed by atoms with Crippen LogP contribution in [0.2, 0.25) is 0 Å². The van der Waals surface area contributed by atoms with E-state index in [2.05, 4.69) is 10.5 Å². The minimum atomic E-state index is -1.02. The van der Waals surface area contributed by atoms with Crippen LogP contribution < -0.4 is 5.32 Å². The zero-order chi connectivity index (χ0) is 17.1. The number of rotatable bonds is 4. The number of carbonyl (C=O) groups excluding carboxylic acids is 1. The van der Waals surface area contributed by atoms with Crippen LogP contribution in [-0.2, 0) is 6.54 Å². The van der Waals surface area contributed by atoms with Crippen molar-refractivity contribution >= 4 is 5.91 Å². The first-order chi connectivity index (χ1) is 11.5. The third kappa shape index (κ3) is 3.32. The molecule has 0 saturated heterocycles. The summed E-state index contributed by atoms with van der Waals surface area (Å²) >= 11 is 0. The van der Waals surface area contributed by atoms with Gasteiger partial charge in [0.15, 0.2) is 17.4 Å². The highest BCUT2D eigenvalue weighted by Crippen LogP contribution is 2.25. The Kier molecular flexibility index (Phi) is 4.37. The quantitative estimate of drug-likeness (QED) is 0.791. The Morgan fingerprint density at radius 2 is 1.88 bits per heavy atom. The highest BCUT2D eigenvalue weighted by Gasteiger charge is 2.18. The molecule has 0 atom stereocenters. The van der Waals surface area contributed by atoms with Gasteiger partial charge in [0.25, 0.3) is 5.91 Å². The standard InChI is InChI=1S/C18H14F2N2O2/c1-11-2-4-12(5-3-11)9-21-18(23)14-10-22-24-17(14)13-6-7-15(19)16(20)8-13/h2-8,10H,9H2,1H3,(H,21,23). The van der Waals surface area contributed by atoms with Gasteiger partial charge >= 0.3 is 0 Å². The van der Waals surface area contributed by atoms with Gasteiger partial charge in [0, 0.05) is 12.1 Å². The van der Waals surface area contributed by atoms with E-state index in [1.807, 2.05) is 31.2 Å². The number of amides is 1. The summed E-state index contributed by atoms with van der Waals surface area (Å²) in [5.41, 5.74) is 2.48. The predicted octanol–water partition coefficient (Wildman–Crippen LogP) is 3.86. The molecule has 122 valence electrons. The number of carbonyl (C=O) groups is 1. The lowest BCUT2D eigenvalue weighted by atomic mass is 10.1. The summed E-state index contributed by atoms with van der Waals surface area (Å²) in [5, 5.41) is 6.34. The molecule has 3 aromatic rings. The van der Waals surface area contributed by atoms with Crippen molar-refractivity contribution in [2.75, 3.05) is 0 Å². The minimum Gasteiger partial charge on any atom is -0.355 e. The topological polar surface area (TPSA) is 55.1 Å². The number of hydrogen-bond donors (Lipinski definition) is 1. The molecule has 0 saturated carbocycles. The van der Waals surface area contributed by atoms with E-state index in [1.165, 1.54) is 12.3 Å². The number of aryl methyl sites for hydroxylation is 1. The van der Waals surface area contributed by atoms with E-state index in [-0.39, 0.29) is 16.9 Å². The van der Waals surface area contributed by atoms with Crippen LogP contribution in [0, 0.1) is 18.6 Å². The monoisotopic (exact) mass is 328 g/mol. The highest BCUT2D eigenvalue weighted by atomic mass is 19.2. The van der Waals surface area contributed by atoms with E-state index in [1.54, 1.807) is 0 Å². The molecule has 2 aromatic carbocycles. The van der Waals surface area contributed by atoms with E-state index in [0.717, 1.165) is 23.3 Å². The Labute approximate surface area is 137 Å². The normalized spacial score (nSPS) is 10.6. The second-order valence-electron chi connectivity index (χ2n) is 5.37. The maximum absolute atomic E-state index is 13.4. The molecule has 0 unspecified atom stereocenters. The maximum atomic E-state index is 13.4. The van der Waals surface area contributed by atoms with Crippen molar-refractivity contribution in [3.63, 3.8) is 0 Å². The van der Waals surface area contributed by atoms with Crippen LogP contribution in [0.4, 0.5) is 8.78 Å². The molecule has 0 aliphatic carbocycles. The lowest BCUT2D eigenvalue weighted by molar-refractivity contribution is 0.0951. The molecule has 6 heteroatoms. The van der Waals surface area contributed by atoms with Crippen molar-refractivity contribution in [3.05, 3.63) is 77.0 Å². The predicted molar refractivity (Wildman–Crippen MR) is 84.2 cm³/mol. The van der Waals surface area contributed by atoms with Gasteiger partial charge < -0.3 is 9.84 Å². The number of benzene rings is 2. The molecule has 0 fully saturated rings. The number of aromatic nitrogens is 1. The van der Waals surface area contributed by atoms with E-state index in [9.17, 15) is 13.6 Å². The SMILES string of the molecule is Cc1ccc(CNC(=O)c2cnoc2-c2ccc(F)c(F)c2)cc1. The fraction of sp³-hybridized carbons (Fsp3) is 0.111. The third-order valence-corrected chi connectivity index (χ3v) is 3.57. The van der Waals surface area contributed by atoms with Crippen LogP contribution >= 0.6 is 0 Å². The Bertz CT molecular complexity index is 873. The largest absolute Gasteiger partial charge is 0.355 e. The lowest BCUT2D eigenvalue weighted by Crippen LogP contribution is -2.22. The van der Waals surface area contributed by atoms with Gasteiger partial charge in [0.1, 0.15) is 5.56 Å². The molecule has 0 radical (unpaired) electrons. The van der Waals surface area contributed by atoms with Crippen LogP contribution in [0.3, 0.4) is 0 Å². The first-order valence-corrected chi connectivity index (χ1v) is 7.28. The second-order valence-corrected chi connectivity index (χ2v) is 5.37. The van der Waals surface area contributed by atoms with Gasteiger partial charge in [-0.25, -0.2) is 8.78 Å². The summed E-state index contributed by atoms with van der Waals surface area (Å²) < 4.78 is 31.4. The van der Waals surface area contributed by atoms with Crippen molar-refractivity contribution in [1.29, 1.82) is 0 Å². The van der Waals surface area contributed by atoms with E-state index < -0.39 is 17.5 Å². The molecule has 1 aromatic heterocycles. The third-order valence-electron chi connectivity index (χ3n) is 3.57. The van der Waals surface area contributed by atoms with E-state index in [0.29, 0.717) is 6.54 Å². The number of nitrogens with zero attached hydrogens (tertiary/aromatic N) is 1. The van der Waals surface area contributed by atoms with E-state index >= 15 is 0 Å². The van der Waals surface area contributed by atoms with Gasteiger partial charge in [-0.3, -0.25) is 4.79 Å². The average Bonchev–Trinajstić information content (AvgIpc) is 3.06. The van der Waals surface area contributed by atoms with Gasteiger partial charge in [0.05, 0.1) is 6.20 Å². The van der Waals surface area contributed by atoms with Crippen molar-refractivity contribution < 1.29 is 18.1 Å². The van der Waals surface area contributed by atoms with Crippen molar-refractivity contribution in [2.24, 2.45) is 0 Å². The first-order valence-electron chi connectivity index (χ1n) is 7.28. The number of hydrogen-bond acceptors (Lipinski definition) is 3. The lowest BCUT2D eigenvalue weighted by Gasteiger charge is -2.06. The fourth-order valence-corrected chi connectivity index (χ4v) is 2.23. The molecule has 4 nitrogen and oxygen atoms in total. The molecule has 0 aliphatic rings.